The Balaban J connectivity index is 2.26. The fourth-order valence-corrected chi connectivity index (χ4v) is 2.07. The third-order valence-electron chi connectivity index (χ3n) is 2.63. The average Bonchev–Trinajstić information content (AvgIpc) is 2.47. The predicted molar refractivity (Wildman–Crippen MR) is 82.6 cm³/mol. The second-order valence-corrected chi connectivity index (χ2v) is 5.48. The summed E-state index contributed by atoms with van der Waals surface area (Å²) >= 11 is 9.30. The minimum atomic E-state index is -0.131. The molecule has 2 rings (SSSR count). The van der Waals surface area contributed by atoms with Crippen molar-refractivity contribution in [1.82, 2.24) is 4.98 Å². The molecule has 0 aliphatic rings. The van der Waals surface area contributed by atoms with E-state index in [1.165, 1.54) is 6.20 Å². The number of carbonyl (C=O) groups excluding carboxylic acids is 1. The van der Waals surface area contributed by atoms with Crippen molar-refractivity contribution < 1.29 is 9.53 Å². The van der Waals surface area contributed by atoms with Crippen LogP contribution < -0.4 is 4.74 Å². The molecule has 0 radical (unpaired) electrons. The molecule has 0 aliphatic carbocycles. The summed E-state index contributed by atoms with van der Waals surface area (Å²) in [7, 11) is 0. The predicted octanol–water partition coefficient (Wildman–Crippen LogP) is 4.52. The summed E-state index contributed by atoms with van der Waals surface area (Å²) in [6, 6.07) is 6.80. The van der Waals surface area contributed by atoms with Gasteiger partial charge >= 0.3 is 0 Å². The minimum absolute atomic E-state index is 0.131. The van der Waals surface area contributed by atoms with Crippen molar-refractivity contribution in [3.63, 3.8) is 0 Å². The Hall–Kier alpha value is -1.39. The Bertz CT molecular complexity index is 631. The van der Waals surface area contributed by atoms with Crippen LogP contribution in [0.1, 0.15) is 29.3 Å². The standard InChI is InChI=1S/C15H13BrClNO2/c1-2-5-20-12-6-11(8-18-9-12)15(19)10-3-4-13(16)14(17)7-10/h3-4,6-9H,2,5H2,1H3. The highest BCUT2D eigenvalue weighted by molar-refractivity contribution is 9.10. The summed E-state index contributed by atoms with van der Waals surface area (Å²) in [6.07, 6.45) is 4.03. The van der Waals surface area contributed by atoms with E-state index in [9.17, 15) is 4.79 Å². The fraction of sp³-hybridized carbons (Fsp3) is 0.200. The van der Waals surface area contributed by atoms with Gasteiger partial charge in [0.15, 0.2) is 5.78 Å². The molecule has 0 fully saturated rings. The zero-order valence-electron chi connectivity index (χ0n) is 10.9. The largest absolute Gasteiger partial charge is 0.492 e. The lowest BCUT2D eigenvalue weighted by Crippen LogP contribution is -2.03. The monoisotopic (exact) mass is 353 g/mol. The average molecular weight is 355 g/mol. The van der Waals surface area contributed by atoms with E-state index < -0.39 is 0 Å². The molecule has 0 aliphatic heterocycles. The number of hydrogen-bond donors (Lipinski definition) is 0. The van der Waals surface area contributed by atoms with Crippen molar-refractivity contribution in [1.29, 1.82) is 0 Å². The first kappa shape index (κ1) is 15.0. The van der Waals surface area contributed by atoms with Crippen molar-refractivity contribution >= 4 is 33.3 Å². The second kappa shape index (κ2) is 6.86. The molecular weight excluding hydrogens is 342 g/mol. The molecule has 0 N–H and O–H groups in total. The number of aromatic nitrogens is 1. The van der Waals surface area contributed by atoms with Crippen LogP contribution in [0.5, 0.6) is 5.75 Å². The molecule has 0 saturated carbocycles. The SMILES string of the molecule is CCCOc1cncc(C(=O)c2ccc(Br)c(Cl)c2)c1. The summed E-state index contributed by atoms with van der Waals surface area (Å²) in [4.78, 5) is 16.4. The maximum Gasteiger partial charge on any atom is 0.194 e. The van der Waals surface area contributed by atoms with E-state index in [4.69, 9.17) is 16.3 Å². The number of nitrogens with zero attached hydrogens (tertiary/aromatic N) is 1. The maximum absolute atomic E-state index is 12.4. The van der Waals surface area contributed by atoms with Gasteiger partial charge in [-0.3, -0.25) is 9.78 Å². The normalized spacial score (nSPS) is 10.3. The molecule has 3 nitrogen and oxygen atoms in total. The zero-order valence-corrected chi connectivity index (χ0v) is 13.2. The summed E-state index contributed by atoms with van der Waals surface area (Å²) in [5.41, 5.74) is 1.00. The fourth-order valence-electron chi connectivity index (χ4n) is 1.65. The van der Waals surface area contributed by atoms with Gasteiger partial charge in [-0.05, 0) is 46.6 Å². The van der Waals surface area contributed by atoms with E-state index in [1.807, 2.05) is 6.92 Å². The number of halogens is 2. The van der Waals surface area contributed by atoms with Crippen LogP contribution in [0.15, 0.2) is 41.1 Å². The first-order valence-electron chi connectivity index (χ1n) is 6.19. The van der Waals surface area contributed by atoms with E-state index in [2.05, 4.69) is 20.9 Å². The molecule has 0 spiro atoms. The zero-order chi connectivity index (χ0) is 14.5. The van der Waals surface area contributed by atoms with Crippen molar-refractivity contribution in [2.75, 3.05) is 6.61 Å². The second-order valence-electron chi connectivity index (χ2n) is 4.22. The lowest BCUT2D eigenvalue weighted by molar-refractivity contribution is 0.103. The van der Waals surface area contributed by atoms with Crippen molar-refractivity contribution in [2.24, 2.45) is 0 Å². The molecule has 0 saturated heterocycles. The van der Waals surface area contributed by atoms with Gasteiger partial charge < -0.3 is 4.74 Å². The van der Waals surface area contributed by atoms with Crippen molar-refractivity contribution in [3.8, 4) is 5.75 Å². The van der Waals surface area contributed by atoms with Crippen LogP contribution >= 0.6 is 27.5 Å². The van der Waals surface area contributed by atoms with Gasteiger partial charge in [0.05, 0.1) is 17.8 Å². The third kappa shape index (κ3) is 3.58. The molecule has 5 heteroatoms. The number of benzene rings is 1. The Labute approximate surface area is 131 Å². The minimum Gasteiger partial charge on any atom is -0.492 e. The van der Waals surface area contributed by atoms with Crippen molar-refractivity contribution in [3.05, 3.63) is 57.3 Å². The van der Waals surface area contributed by atoms with Gasteiger partial charge in [0.1, 0.15) is 5.75 Å². The number of ether oxygens (including phenoxy) is 1. The summed E-state index contributed by atoms with van der Waals surface area (Å²) in [5.74, 6) is 0.467. The van der Waals surface area contributed by atoms with E-state index in [1.54, 1.807) is 30.5 Å². The lowest BCUT2D eigenvalue weighted by Gasteiger charge is -2.06. The number of carbonyl (C=O) groups is 1. The first-order chi connectivity index (χ1) is 9.61. The summed E-state index contributed by atoms with van der Waals surface area (Å²) in [5, 5.41) is 0.502. The Morgan fingerprint density at radius 2 is 2.10 bits per heavy atom. The number of rotatable bonds is 5. The Morgan fingerprint density at radius 1 is 1.30 bits per heavy atom. The van der Waals surface area contributed by atoms with E-state index >= 15 is 0 Å². The summed E-state index contributed by atoms with van der Waals surface area (Å²) in [6.45, 7) is 2.62. The molecular formula is C15H13BrClNO2. The van der Waals surface area contributed by atoms with Crippen LogP contribution in [0.4, 0.5) is 0 Å². The van der Waals surface area contributed by atoms with Gasteiger partial charge in [-0.2, -0.15) is 0 Å². The number of pyridine rings is 1. The van der Waals surface area contributed by atoms with Crippen LogP contribution in [0.3, 0.4) is 0 Å². The molecule has 1 heterocycles. The highest BCUT2D eigenvalue weighted by atomic mass is 79.9. The third-order valence-corrected chi connectivity index (χ3v) is 3.86. The van der Waals surface area contributed by atoms with Crippen LogP contribution in [-0.2, 0) is 0 Å². The highest BCUT2D eigenvalue weighted by Crippen LogP contribution is 2.25. The molecule has 0 bridgehead atoms. The van der Waals surface area contributed by atoms with Gasteiger partial charge in [-0.25, -0.2) is 0 Å². The van der Waals surface area contributed by atoms with Crippen molar-refractivity contribution in [2.45, 2.75) is 13.3 Å². The summed E-state index contributed by atoms with van der Waals surface area (Å²) < 4.78 is 6.23. The molecule has 0 unspecified atom stereocenters. The van der Waals surface area contributed by atoms with Gasteiger partial charge in [0, 0.05) is 21.8 Å². The number of hydrogen-bond acceptors (Lipinski definition) is 3. The smallest absolute Gasteiger partial charge is 0.194 e. The van der Waals surface area contributed by atoms with Gasteiger partial charge in [-0.15, -0.1) is 0 Å². The van der Waals surface area contributed by atoms with E-state index in [0.717, 1.165) is 10.9 Å². The molecule has 20 heavy (non-hydrogen) atoms. The van der Waals surface area contributed by atoms with Gasteiger partial charge in [0.25, 0.3) is 0 Å². The molecule has 104 valence electrons. The maximum atomic E-state index is 12.4. The Kier molecular flexibility index (Phi) is 5.15. The molecule has 0 atom stereocenters. The molecule has 1 aromatic carbocycles. The topological polar surface area (TPSA) is 39.2 Å². The Morgan fingerprint density at radius 3 is 2.80 bits per heavy atom. The quantitative estimate of drug-likeness (QED) is 0.741. The van der Waals surface area contributed by atoms with Crippen LogP contribution in [0.25, 0.3) is 0 Å². The first-order valence-corrected chi connectivity index (χ1v) is 7.36. The van der Waals surface area contributed by atoms with Crippen LogP contribution in [0, 0.1) is 0 Å². The van der Waals surface area contributed by atoms with E-state index in [0.29, 0.717) is 28.5 Å². The highest BCUT2D eigenvalue weighted by Gasteiger charge is 2.12. The molecule has 2 aromatic rings. The van der Waals surface area contributed by atoms with E-state index in [-0.39, 0.29) is 5.78 Å². The number of ketones is 1. The van der Waals surface area contributed by atoms with Gasteiger partial charge in [-0.1, -0.05) is 18.5 Å². The van der Waals surface area contributed by atoms with Crippen LogP contribution in [-0.4, -0.2) is 17.4 Å². The van der Waals surface area contributed by atoms with Gasteiger partial charge in [0.2, 0.25) is 0 Å². The van der Waals surface area contributed by atoms with Crippen LogP contribution in [0.2, 0.25) is 5.02 Å². The molecule has 0 amide bonds. The lowest BCUT2D eigenvalue weighted by atomic mass is 10.1. The molecule has 1 aromatic heterocycles.